The predicted molar refractivity (Wildman–Crippen MR) is 73.5 cm³/mol. The normalized spacial score (nSPS) is 9.83. The van der Waals surface area contributed by atoms with Crippen LogP contribution in [0.25, 0.3) is 0 Å². The molecule has 96 valence electrons. The van der Waals surface area contributed by atoms with E-state index in [-0.39, 0.29) is 11.1 Å². The van der Waals surface area contributed by atoms with Crippen LogP contribution in [0.3, 0.4) is 0 Å². The van der Waals surface area contributed by atoms with E-state index in [9.17, 15) is 9.59 Å². The fraction of sp³-hybridized carbons (Fsp3) is 0.286. The molecule has 1 aromatic carbocycles. The van der Waals surface area contributed by atoms with Crippen molar-refractivity contribution in [1.29, 1.82) is 0 Å². The number of rotatable bonds is 6. The average Bonchev–Trinajstić information content (AvgIpc) is 2.35. The van der Waals surface area contributed by atoms with Crippen molar-refractivity contribution >= 4 is 22.8 Å². The van der Waals surface area contributed by atoms with Gasteiger partial charge in [-0.2, -0.15) is 0 Å². The van der Waals surface area contributed by atoms with Gasteiger partial charge in [0.05, 0.1) is 0 Å². The van der Waals surface area contributed by atoms with E-state index in [4.69, 9.17) is 4.74 Å². The SMILES string of the molecule is C=CCCC(=O)Oc1ccc(CSC(C)=O)cc1. The fourth-order valence-corrected chi connectivity index (χ4v) is 1.80. The van der Waals surface area contributed by atoms with E-state index in [1.165, 1.54) is 11.8 Å². The molecule has 0 fully saturated rings. The molecule has 0 saturated heterocycles. The lowest BCUT2D eigenvalue weighted by Crippen LogP contribution is -2.06. The first kappa shape index (κ1) is 14.5. The number of thioether (sulfide) groups is 1. The fourth-order valence-electron chi connectivity index (χ4n) is 1.24. The molecule has 0 amide bonds. The van der Waals surface area contributed by atoms with E-state index in [0.29, 0.717) is 24.3 Å². The minimum atomic E-state index is -0.263. The monoisotopic (exact) mass is 264 g/mol. The van der Waals surface area contributed by atoms with Crippen molar-refractivity contribution in [3.05, 3.63) is 42.5 Å². The second-order valence-electron chi connectivity index (χ2n) is 3.73. The summed E-state index contributed by atoms with van der Waals surface area (Å²) in [6, 6.07) is 7.18. The van der Waals surface area contributed by atoms with E-state index in [1.807, 2.05) is 12.1 Å². The molecule has 0 aliphatic rings. The number of benzene rings is 1. The molecule has 1 rings (SSSR count). The quantitative estimate of drug-likeness (QED) is 0.449. The number of hydrogen-bond acceptors (Lipinski definition) is 4. The molecule has 0 spiro atoms. The number of ether oxygens (including phenoxy) is 1. The number of hydrogen-bond donors (Lipinski definition) is 0. The van der Waals surface area contributed by atoms with Gasteiger partial charge in [-0.15, -0.1) is 6.58 Å². The lowest BCUT2D eigenvalue weighted by atomic mass is 10.2. The maximum absolute atomic E-state index is 11.4. The van der Waals surface area contributed by atoms with E-state index in [0.717, 1.165) is 5.56 Å². The number of carbonyl (C=O) groups is 2. The van der Waals surface area contributed by atoms with Gasteiger partial charge in [0.25, 0.3) is 0 Å². The van der Waals surface area contributed by atoms with Crippen LogP contribution in [0, 0.1) is 0 Å². The Morgan fingerprint density at radius 1 is 1.33 bits per heavy atom. The zero-order chi connectivity index (χ0) is 13.4. The summed E-state index contributed by atoms with van der Waals surface area (Å²) in [4.78, 5) is 22.2. The van der Waals surface area contributed by atoms with Crippen molar-refractivity contribution in [2.75, 3.05) is 0 Å². The van der Waals surface area contributed by atoms with Gasteiger partial charge in [-0.1, -0.05) is 30.0 Å². The number of esters is 1. The largest absolute Gasteiger partial charge is 0.427 e. The highest BCUT2D eigenvalue weighted by atomic mass is 32.2. The molecule has 0 radical (unpaired) electrons. The summed E-state index contributed by atoms with van der Waals surface area (Å²) in [5, 5.41) is 0.0925. The predicted octanol–water partition coefficient (Wildman–Crippen LogP) is 3.34. The molecule has 0 heterocycles. The standard InChI is InChI=1S/C14H16O3S/c1-3-4-5-14(16)17-13-8-6-12(7-9-13)10-18-11(2)15/h3,6-9H,1,4-5,10H2,2H3. The van der Waals surface area contributed by atoms with Gasteiger partial charge < -0.3 is 4.74 Å². The van der Waals surface area contributed by atoms with Crippen LogP contribution in [-0.2, 0) is 15.3 Å². The van der Waals surface area contributed by atoms with Crippen LogP contribution in [0.5, 0.6) is 5.75 Å². The Kier molecular flexibility index (Phi) is 6.22. The maximum Gasteiger partial charge on any atom is 0.311 e. The van der Waals surface area contributed by atoms with Crippen LogP contribution in [0.1, 0.15) is 25.3 Å². The smallest absolute Gasteiger partial charge is 0.311 e. The highest BCUT2D eigenvalue weighted by Gasteiger charge is 2.04. The zero-order valence-corrected chi connectivity index (χ0v) is 11.2. The number of allylic oxidation sites excluding steroid dienone is 1. The van der Waals surface area contributed by atoms with Gasteiger partial charge in [0.1, 0.15) is 5.75 Å². The summed E-state index contributed by atoms with van der Waals surface area (Å²) < 4.78 is 5.14. The number of carbonyl (C=O) groups excluding carboxylic acids is 2. The lowest BCUT2D eigenvalue weighted by molar-refractivity contribution is -0.134. The van der Waals surface area contributed by atoms with Crippen molar-refractivity contribution in [2.45, 2.75) is 25.5 Å². The lowest BCUT2D eigenvalue weighted by Gasteiger charge is -2.04. The van der Waals surface area contributed by atoms with E-state index < -0.39 is 0 Å². The van der Waals surface area contributed by atoms with Crippen molar-refractivity contribution in [1.82, 2.24) is 0 Å². The average molecular weight is 264 g/mol. The Labute approximate surface area is 111 Å². The highest BCUT2D eigenvalue weighted by molar-refractivity contribution is 8.12. The third-order valence-electron chi connectivity index (χ3n) is 2.15. The van der Waals surface area contributed by atoms with Crippen molar-refractivity contribution in [3.8, 4) is 5.75 Å². The molecule has 0 unspecified atom stereocenters. The van der Waals surface area contributed by atoms with Crippen LogP contribution in [0.2, 0.25) is 0 Å². The first-order chi connectivity index (χ1) is 8.61. The molecular weight excluding hydrogens is 248 g/mol. The Morgan fingerprint density at radius 2 is 2.00 bits per heavy atom. The van der Waals surface area contributed by atoms with Gasteiger partial charge >= 0.3 is 5.97 Å². The summed E-state index contributed by atoms with van der Waals surface area (Å²) in [7, 11) is 0. The Hall–Kier alpha value is -1.55. The first-order valence-electron chi connectivity index (χ1n) is 5.65. The molecule has 4 heteroatoms. The molecule has 0 saturated carbocycles. The summed E-state index contributed by atoms with van der Waals surface area (Å²) in [5.41, 5.74) is 1.03. The molecule has 1 aromatic rings. The van der Waals surface area contributed by atoms with Crippen LogP contribution in [-0.4, -0.2) is 11.1 Å². The van der Waals surface area contributed by atoms with Gasteiger partial charge in [-0.3, -0.25) is 9.59 Å². The van der Waals surface area contributed by atoms with Crippen LogP contribution in [0.15, 0.2) is 36.9 Å². The van der Waals surface area contributed by atoms with Gasteiger partial charge in [-0.05, 0) is 24.1 Å². The molecule has 0 atom stereocenters. The molecule has 0 aromatic heterocycles. The molecule has 0 aliphatic carbocycles. The maximum atomic E-state index is 11.4. The molecule has 0 aliphatic heterocycles. The van der Waals surface area contributed by atoms with E-state index in [2.05, 4.69) is 6.58 Å². The third kappa shape index (κ3) is 5.68. The van der Waals surface area contributed by atoms with Crippen LogP contribution in [0.4, 0.5) is 0 Å². The van der Waals surface area contributed by atoms with E-state index in [1.54, 1.807) is 25.1 Å². The summed E-state index contributed by atoms with van der Waals surface area (Å²) >= 11 is 1.26. The second kappa shape index (κ2) is 7.71. The Balaban J connectivity index is 2.46. The summed E-state index contributed by atoms with van der Waals surface area (Å²) in [6.45, 7) is 5.09. The van der Waals surface area contributed by atoms with Crippen molar-refractivity contribution < 1.29 is 14.3 Å². The highest BCUT2D eigenvalue weighted by Crippen LogP contribution is 2.17. The van der Waals surface area contributed by atoms with Crippen molar-refractivity contribution in [2.24, 2.45) is 0 Å². The summed E-state index contributed by atoms with van der Waals surface area (Å²) in [6.07, 6.45) is 2.64. The van der Waals surface area contributed by atoms with Crippen LogP contribution < -0.4 is 4.74 Å². The molecule has 0 N–H and O–H groups in total. The van der Waals surface area contributed by atoms with Gasteiger partial charge in [0.2, 0.25) is 0 Å². The molecular formula is C14H16O3S. The van der Waals surface area contributed by atoms with Gasteiger partial charge in [0, 0.05) is 19.1 Å². The Morgan fingerprint density at radius 3 is 2.56 bits per heavy atom. The molecule has 3 nitrogen and oxygen atoms in total. The van der Waals surface area contributed by atoms with Gasteiger partial charge in [-0.25, -0.2) is 0 Å². The molecule has 18 heavy (non-hydrogen) atoms. The van der Waals surface area contributed by atoms with Crippen molar-refractivity contribution in [3.63, 3.8) is 0 Å². The minimum Gasteiger partial charge on any atom is -0.427 e. The Bertz CT molecular complexity index is 423. The first-order valence-corrected chi connectivity index (χ1v) is 6.64. The van der Waals surface area contributed by atoms with E-state index >= 15 is 0 Å². The third-order valence-corrected chi connectivity index (χ3v) is 3.03. The van der Waals surface area contributed by atoms with Crippen LogP contribution >= 0.6 is 11.8 Å². The zero-order valence-electron chi connectivity index (χ0n) is 10.3. The second-order valence-corrected chi connectivity index (χ2v) is 4.88. The topological polar surface area (TPSA) is 43.4 Å². The molecule has 0 bridgehead atoms. The van der Waals surface area contributed by atoms with Gasteiger partial charge in [0.15, 0.2) is 5.12 Å². The minimum absolute atomic E-state index is 0.0925. The summed E-state index contributed by atoms with van der Waals surface area (Å²) in [5.74, 6) is 0.904.